The first-order chi connectivity index (χ1) is 11.0. The average Bonchev–Trinajstić information content (AvgIpc) is 2.51. The molecule has 0 saturated carbocycles. The number of ether oxygens (including phenoxy) is 1. The van der Waals surface area contributed by atoms with Gasteiger partial charge in [-0.05, 0) is 32.1 Å². The second kappa shape index (κ2) is 6.34. The summed E-state index contributed by atoms with van der Waals surface area (Å²) in [5.74, 6) is -0.138. The van der Waals surface area contributed by atoms with Gasteiger partial charge in [-0.25, -0.2) is 4.98 Å². The van der Waals surface area contributed by atoms with Crippen molar-refractivity contribution < 1.29 is 9.53 Å². The zero-order valence-electron chi connectivity index (χ0n) is 13.2. The highest BCUT2D eigenvalue weighted by atomic mass is 16.5. The number of morpholine rings is 1. The van der Waals surface area contributed by atoms with Crippen molar-refractivity contribution in [2.45, 2.75) is 26.1 Å². The van der Waals surface area contributed by atoms with Crippen LogP contribution in [0, 0.1) is 0 Å². The average molecular weight is 313 g/mol. The number of amides is 1. The van der Waals surface area contributed by atoms with E-state index in [4.69, 9.17) is 4.74 Å². The SMILES string of the molecule is CC1CN(C(=O)/C=C/c2nc3ccccc3[nH]c2=O)CC(C)O1. The first kappa shape index (κ1) is 15.4. The molecule has 2 aromatic rings. The van der Waals surface area contributed by atoms with Crippen molar-refractivity contribution >= 4 is 23.0 Å². The number of H-pyrrole nitrogens is 1. The van der Waals surface area contributed by atoms with Crippen molar-refractivity contribution in [1.29, 1.82) is 0 Å². The summed E-state index contributed by atoms with van der Waals surface area (Å²) in [6.45, 7) is 4.98. The minimum absolute atomic E-state index is 0.0123. The summed E-state index contributed by atoms with van der Waals surface area (Å²) in [6.07, 6.45) is 2.90. The molecule has 0 spiro atoms. The summed E-state index contributed by atoms with van der Waals surface area (Å²) in [5.41, 5.74) is 1.28. The molecule has 2 heterocycles. The first-order valence-electron chi connectivity index (χ1n) is 7.64. The summed E-state index contributed by atoms with van der Waals surface area (Å²) in [5, 5.41) is 0. The van der Waals surface area contributed by atoms with Crippen LogP contribution in [0.5, 0.6) is 0 Å². The number of carbonyl (C=O) groups is 1. The number of fused-ring (bicyclic) bond motifs is 1. The number of aromatic nitrogens is 2. The molecule has 1 aromatic carbocycles. The van der Waals surface area contributed by atoms with Gasteiger partial charge in [-0.3, -0.25) is 9.59 Å². The molecule has 1 saturated heterocycles. The first-order valence-corrected chi connectivity index (χ1v) is 7.64. The van der Waals surface area contributed by atoms with E-state index in [0.29, 0.717) is 24.1 Å². The minimum atomic E-state index is -0.309. The summed E-state index contributed by atoms with van der Waals surface area (Å²) in [4.78, 5) is 33.1. The van der Waals surface area contributed by atoms with Gasteiger partial charge in [-0.2, -0.15) is 0 Å². The van der Waals surface area contributed by atoms with E-state index >= 15 is 0 Å². The largest absolute Gasteiger partial charge is 0.372 e. The van der Waals surface area contributed by atoms with E-state index in [0.717, 1.165) is 0 Å². The van der Waals surface area contributed by atoms with E-state index in [-0.39, 0.29) is 29.4 Å². The second-order valence-electron chi connectivity index (χ2n) is 5.80. The Bertz CT molecular complexity index is 802. The molecule has 6 nitrogen and oxygen atoms in total. The van der Waals surface area contributed by atoms with Crippen LogP contribution in [-0.4, -0.2) is 46.1 Å². The third-order valence-electron chi connectivity index (χ3n) is 3.74. The van der Waals surface area contributed by atoms with Gasteiger partial charge in [0.2, 0.25) is 5.91 Å². The lowest BCUT2D eigenvalue weighted by Crippen LogP contribution is -2.47. The number of hydrogen-bond donors (Lipinski definition) is 1. The molecule has 2 atom stereocenters. The maximum atomic E-state index is 12.3. The third-order valence-corrected chi connectivity index (χ3v) is 3.74. The molecule has 0 aliphatic carbocycles. The van der Waals surface area contributed by atoms with Crippen molar-refractivity contribution in [3.05, 3.63) is 46.4 Å². The summed E-state index contributed by atoms with van der Waals surface area (Å²) in [6, 6.07) is 7.29. The van der Waals surface area contributed by atoms with Gasteiger partial charge in [0.1, 0.15) is 5.69 Å². The van der Waals surface area contributed by atoms with Crippen molar-refractivity contribution in [2.75, 3.05) is 13.1 Å². The number of carbonyl (C=O) groups excluding carboxylic acids is 1. The van der Waals surface area contributed by atoms with Crippen LogP contribution in [0.25, 0.3) is 17.1 Å². The van der Waals surface area contributed by atoms with Crippen molar-refractivity contribution in [3.63, 3.8) is 0 Å². The van der Waals surface area contributed by atoms with Gasteiger partial charge in [0.05, 0.1) is 23.2 Å². The van der Waals surface area contributed by atoms with E-state index in [9.17, 15) is 9.59 Å². The van der Waals surface area contributed by atoms with Crippen LogP contribution in [0.4, 0.5) is 0 Å². The number of rotatable bonds is 2. The van der Waals surface area contributed by atoms with Gasteiger partial charge in [-0.1, -0.05) is 12.1 Å². The maximum Gasteiger partial charge on any atom is 0.274 e. The van der Waals surface area contributed by atoms with Gasteiger partial charge < -0.3 is 14.6 Å². The molecule has 120 valence electrons. The Labute approximate surface area is 133 Å². The molecule has 2 unspecified atom stereocenters. The number of nitrogens with zero attached hydrogens (tertiary/aromatic N) is 2. The van der Waals surface area contributed by atoms with Gasteiger partial charge in [0, 0.05) is 19.2 Å². The molecular formula is C17H19N3O3. The Kier molecular flexibility index (Phi) is 4.25. The fourth-order valence-corrected chi connectivity index (χ4v) is 2.77. The zero-order chi connectivity index (χ0) is 16.4. The predicted molar refractivity (Wildman–Crippen MR) is 88.0 cm³/mol. The predicted octanol–water partition coefficient (Wildman–Crippen LogP) is 1.57. The van der Waals surface area contributed by atoms with Crippen LogP contribution in [-0.2, 0) is 9.53 Å². The van der Waals surface area contributed by atoms with Crippen molar-refractivity contribution in [1.82, 2.24) is 14.9 Å². The Morgan fingerprint density at radius 3 is 2.74 bits per heavy atom. The van der Waals surface area contributed by atoms with Crippen molar-refractivity contribution in [3.8, 4) is 0 Å². The van der Waals surface area contributed by atoms with Crippen LogP contribution < -0.4 is 5.56 Å². The molecule has 23 heavy (non-hydrogen) atoms. The third kappa shape index (κ3) is 3.48. The lowest BCUT2D eigenvalue weighted by molar-refractivity contribution is -0.137. The molecule has 0 bridgehead atoms. The number of aromatic amines is 1. The fourth-order valence-electron chi connectivity index (χ4n) is 2.77. The molecule has 1 aliphatic heterocycles. The standard InChI is InChI=1S/C17H19N3O3/c1-11-9-20(10-12(2)23-11)16(21)8-7-15-17(22)19-14-6-4-3-5-13(14)18-15/h3-8,11-12H,9-10H2,1-2H3,(H,19,22)/b8-7+. The molecule has 1 amide bonds. The van der Waals surface area contributed by atoms with Crippen LogP contribution in [0.15, 0.2) is 35.1 Å². The van der Waals surface area contributed by atoms with Gasteiger partial charge in [-0.15, -0.1) is 0 Å². The lowest BCUT2D eigenvalue weighted by Gasteiger charge is -2.34. The maximum absolute atomic E-state index is 12.3. The van der Waals surface area contributed by atoms with Crippen molar-refractivity contribution in [2.24, 2.45) is 0 Å². The minimum Gasteiger partial charge on any atom is -0.372 e. The zero-order valence-corrected chi connectivity index (χ0v) is 13.2. The molecule has 1 aliphatic rings. The summed E-state index contributed by atoms with van der Waals surface area (Å²) in [7, 11) is 0. The van der Waals surface area contributed by atoms with Gasteiger partial charge in [0.25, 0.3) is 5.56 Å². The number of nitrogens with one attached hydrogen (secondary N) is 1. The Hall–Kier alpha value is -2.47. The number of para-hydroxylation sites is 2. The highest BCUT2D eigenvalue weighted by Crippen LogP contribution is 2.11. The lowest BCUT2D eigenvalue weighted by atomic mass is 10.2. The number of hydrogen-bond acceptors (Lipinski definition) is 4. The Balaban J connectivity index is 1.81. The molecule has 1 aromatic heterocycles. The highest BCUT2D eigenvalue weighted by Gasteiger charge is 2.24. The van der Waals surface area contributed by atoms with Gasteiger partial charge >= 0.3 is 0 Å². The van der Waals surface area contributed by atoms with Crippen LogP contribution in [0.2, 0.25) is 0 Å². The van der Waals surface area contributed by atoms with E-state index in [1.54, 1.807) is 11.0 Å². The summed E-state index contributed by atoms with van der Waals surface area (Å²) < 4.78 is 5.61. The monoisotopic (exact) mass is 313 g/mol. The van der Waals surface area contributed by atoms with Crippen LogP contribution in [0.3, 0.4) is 0 Å². The molecule has 0 radical (unpaired) electrons. The molecule has 6 heteroatoms. The quantitative estimate of drug-likeness (QED) is 0.854. The number of benzene rings is 1. The fraction of sp³-hybridized carbons (Fsp3) is 0.353. The molecular weight excluding hydrogens is 294 g/mol. The molecule has 1 fully saturated rings. The normalized spacial score (nSPS) is 21.9. The van der Waals surface area contributed by atoms with E-state index < -0.39 is 0 Å². The topological polar surface area (TPSA) is 75.3 Å². The van der Waals surface area contributed by atoms with Gasteiger partial charge in [0.15, 0.2) is 0 Å². The van der Waals surface area contributed by atoms with Crippen LogP contribution >= 0.6 is 0 Å². The second-order valence-corrected chi connectivity index (χ2v) is 5.80. The van der Waals surface area contributed by atoms with E-state index in [1.165, 1.54) is 12.2 Å². The van der Waals surface area contributed by atoms with E-state index in [1.807, 2.05) is 32.0 Å². The van der Waals surface area contributed by atoms with Crippen LogP contribution in [0.1, 0.15) is 19.5 Å². The summed E-state index contributed by atoms with van der Waals surface area (Å²) >= 11 is 0. The Morgan fingerprint density at radius 1 is 1.30 bits per heavy atom. The molecule has 3 rings (SSSR count). The molecule has 1 N–H and O–H groups in total. The smallest absolute Gasteiger partial charge is 0.274 e. The Morgan fingerprint density at radius 2 is 2.00 bits per heavy atom. The highest BCUT2D eigenvalue weighted by molar-refractivity contribution is 5.91. The van der Waals surface area contributed by atoms with E-state index in [2.05, 4.69) is 9.97 Å².